The Bertz CT molecular complexity index is 396. The normalized spacial score (nSPS) is 20.6. The van der Waals surface area contributed by atoms with Gasteiger partial charge >= 0.3 is 0 Å². The number of piperidine rings is 1. The Hall–Kier alpha value is -1.06. The van der Waals surface area contributed by atoms with Crippen molar-refractivity contribution in [3.63, 3.8) is 0 Å². The Morgan fingerprint density at radius 1 is 1.15 bits per heavy atom. The van der Waals surface area contributed by atoms with Gasteiger partial charge in [-0.05, 0) is 70.4 Å². The minimum atomic E-state index is 0.385. The molecule has 1 aromatic rings. The van der Waals surface area contributed by atoms with Crippen LogP contribution in [-0.2, 0) is 0 Å². The van der Waals surface area contributed by atoms with E-state index in [-0.39, 0.29) is 0 Å². The van der Waals surface area contributed by atoms with Crippen LogP contribution < -0.4 is 10.1 Å². The second-order valence-electron chi connectivity index (χ2n) is 6.09. The van der Waals surface area contributed by atoms with Crippen LogP contribution in [-0.4, -0.2) is 38.2 Å². The molecule has 2 rings (SSSR count). The second-order valence-corrected chi connectivity index (χ2v) is 6.09. The lowest BCUT2D eigenvalue weighted by Crippen LogP contribution is -2.41. The van der Waals surface area contributed by atoms with Gasteiger partial charge in [-0.2, -0.15) is 0 Å². The highest BCUT2D eigenvalue weighted by molar-refractivity contribution is 5.28. The third-order valence-corrected chi connectivity index (χ3v) is 4.60. The van der Waals surface area contributed by atoms with E-state index in [0.717, 1.165) is 11.7 Å². The summed E-state index contributed by atoms with van der Waals surface area (Å²) in [6, 6.07) is 9.33. The minimum absolute atomic E-state index is 0.385. The molecular formula is C17H28N2O. The zero-order valence-electron chi connectivity index (χ0n) is 13.2. The molecule has 0 aromatic heterocycles. The molecule has 2 atom stereocenters. The lowest BCUT2D eigenvalue weighted by atomic mass is 9.90. The average molecular weight is 276 g/mol. The molecule has 3 heteroatoms. The molecule has 1 aromatic carbocycles. The monoisotopic (exact) mass is 276 g/mol. The van der Waals surface area contributed by atoms with Crippen LogP contribution in [0.2, 0.25) is 0 Å². The Morgan fingerprint density at radius 3 is 2.30 bits per heavy atom. The third kappa shape index (κ3) is 3.97. The molecule has 3 nitrogen and oxygen atoms in total. The summed E-state index contributed by atoms with van der Waals surface area (Å²) in [6.07, 6.45) is 2.61. The molecule has 1 aliphatic heterocycles. The van der Waals surface area contributed by atoms with Crippen molar-refractivity contribution < 1.29 is 4.74 Å². The van der Waals surface area contributed by atoms with Crippen LogP contribution >= 0.6 is 0 Å². The summed E-state index contributed by atoms with van der Waals surface area (Å²) in [6.45, 7) is 7.03. The van der Waals surface area contributed by atoms with E-state index in [1.807, 2.05) is 12.1 Å². The molecule has 0 spiro atoms. The summed E-state index contributed by atoms with van der Waals surface area (Å²) >= 11 is 0. The number of benzene rings is 1. The largest absolute Gasteiger partial charge is 0.497 e. The first-order chi connectivity index (χ1) is 9.60. The molecule has 1 heterocycles. The molecule has 1 fully saturated rings. The fourth-order valence-corrected chi connectivity index (χ4v) is 3.05. The molecule has 0 aliphatic carbocycles. The van der Waals surface area contributed by atoms with Gasteiger partial charge < -0.3 is 15.0 Å². The minimum Gasteiger partial charge on any atom is -0.497 e. The van der Waals surface area contributed by atoms with E-state index in [0.29, 0.717) is 12.1 Å². The van der Waals surface area contributed by atoms with Crippen molar-refractivity contribution in [2.24, 2.45) is 5.92 Å². The first-order valence-electron chi connectivity index (χ1n) is 7.68. The fourth-order valence-electron chi connectivity index (χ4n) is 3.05. The van der Waals surface area contributed by atoms with Gasteiger partial charge in [-0.25, -0.2) is 0 Å². The molecule has 112 valence electrons. The van der Waals surface area contributed by atoms with Crippen molar-refractivity contribution in [1.29, 1.82) is 0 Å². The van der Waals surface area contributed by atoms with Crippen molar-refractivity contribution in [3.05, 3.63) is 29.8 Å². The van der Waals surface area contributed by atoms with Crippen molar-refractivity contribution in [3.8, 4) is 5.75 Å². The van der Waals surface area contributed by atoms with E-state index in [2.05, 4.69) is 43.2 Å². The van der Waals surface area contributed by atoms with E-state index in [1.165, 1.54) is 31.5 Å². The van der Waals surface area contributed by atoms with E-state index in [1.54, 1.807) is 7.11 Å². The number of hydrogen-bond acceptors (Lipinski definition) is 3. The first kappa shape index (κ1) is 15.3. The molecule has 0 radical (unpaired) electrons. The maximum Gasteiger partial charge on any atom is 0.118 e. The quantitative estimate of drug-likeness (QED) is 0.894. The topological polar surface area (TPSA) is 24.5 Å². The summed E-state index contributed by atoms with van der Waals surface area (Å²) in [5, 5.41) is 3.76. The number of methoxy groups -OCH3 is 1. The Balaban J connectivity index is 1.87. The zero-order valence-corrected chi connectivity index (χ0v) is 13.2. The summed E-state index contributed by atoms with van der Waals surface area (Å²) in [7, 11) is 3.92. The van der Waals surface area contributed by atoms with Gasteiger partial charge in [0, 0.05) is 12.1 Å². The fraction of sp³-hybridized carbons (Fsp3) is 0.647. The number of likely N-dealkylation sites (tertiary alicyclic amines) is 1. The van der Waals surface area contributed by atoms with E-state index in [9.17, 15) is 0 Å². The Morgan fingerprint density at radius 2 is 1.75 bits per heavy atom. The van der Waals surface area contributed by atoms with Crippen molar-refractivity contribution >= 4 is 0 Å². The molecule has 1 N–H and O–H groups in total. The molecule has 0 saturated carbocycles. The van der Waals surface area contributed by atoms with Gasteiger partial charge in [-0.1, -0.05) is 12.1 Å². The van der Waals surface area contributed by atoms with Gasteiger partial charge in [0.25, 0.3) is 0 Å². The van der Waals surface area contributed by atoms with Crippen LogP contribution in [0.25, 0.3) is 0 Å². The van der Waals surface area contributed by atoms with E-state index >= 15 is 0 Å². The standard InChI is InChI=1S/C17H28N2O/c1-13(15-5-7-17(20-4)8-6-15)18-14(2)16-9-11-19(3)12-10-16/h5-8,13-14,16,18H,9-12H2,1-4H3/t13-,14?/m1/s1. The number of rotatable bonds is 5. The number of hydrogen-bond donors (Lipinski definition) is 1. The number of nitrogens with one attached hydrogen (secondary N) is 1. The molecule has 1 saturated heterocycles. The van der Waals surface area contributed by atoms with Crippen LogP contribution in [0.15, 0.2) is 24.3 Å². The van der Waals surface area contributed by atoms with Crippen molar-refractivity contribution in [1.82, 2.24) is 10.2 Å². The van der Waals surface area contributed by atoms with Crippen LogP contribution in [0.1, 0.15) is 38.3 Å². The van der Waals surface area contributed by atoms with Crippen LogP contribution in [0, 0.1) is 5.92 Å². The van der Waals surface area contributed by atoms with Gasteiger partial charge in [-0.3, -0.25) is 0 Å². The van der Waals surface area contributed by atoms with E-state index in [4.69, 9.17) is 4.74 Å². The van der Waals surface area contributed by atoms with Crippen LogP contribution in [0.5, 0.6) is 5.75 Å². The van der Waals surface area contributed by atoms with Gasteiger partial charge in [0.15, 0.2) is 0 Å². The highest BCUT2D eigenvalue weighted by Crippen LogP contribution is 2.23. The van der Waals surface area contributed by atoms with Gasteiger partial charge in [-0.15, -0.1) is 0 Å². The smallest absolute Gasteiger partial charge is 0.118 e. The van der Waals surface area contributed by atoms with Crippen LogP contribution in [0.4, 0.5) is 0 Å². The van der Waals surface area contributed by atoms with Crippen LogP contribution in [0.3, 0.4) is 0 Å². The van der Waals surface area contributed by atoms with Gasteiger partial charge in [0.05, 0.1) is 7.11 Å². The van der Waals surface area contributed by atoms with E-state index < -0.39 is 0 Å². The number of nitrogens with zero attached hydrogens (tertiary/aromatic N) is 1. The second kappa shape index (κ2) is 7.09. The average Bonchev–Trinajstić information content (AvgIpc) is 2.48. The zero-order chi connectivity index (χ0) is 14.5. The van der Waals surface area contributed by atoms with Gasteiger partial charge in [0.2, 0.25) is 0 Å². The molecule has 20 heavy (non-hydrogen) atoms. The highest BCUT2D eigenvalue weighted by Gasteiger charge is 2.23. The molecule has 1 unspecified atom stereocenters. The third-order valence-electron chi connectivity index (χ3n) is 4.60. The SMILES string of the molecule is COc1ccc([C@@H](C)NC(C)C2CCN(C)CC2)cc1. The maximum atomic E-state index is 5.21. The molecule has 1 aliphatic rings. The predicted molar refractivity (Wildman–Crippen MR) is 84.2 cm³/mol. The van der Waals surface area contributed by atoms with Crippen molar-refractivity contribution in [2.75, 3.05) is 27.2 Å². The first-order valence-corrected chi connectivity index (χ1v) is 7.68. The number of ether oxygens (including phenoxy) is 1. The molecule has 0 bridgehead atoms. The predicted octanol–water partition coefficient (Wildman–Crippen LogP) is 3.08. The summed E-state index contributed by atoms with van der Waals surface area (Å²) < 4.78 is 5.21. The summed E-state index contributed by atoms with van der Waals surface area (Å²) in [5.74, 6) is 1.72. The lowest BCUT2D eigenvalue weighted by molar-refractivity contribution is 0.185. The van der Waals surface area contributed by atoms with Gasteiger partial charge in [0.1, 0.15) is 5.75 Å². The molecular weight excluding hydrogens is 248 g/mol. The maximum absolute atomic E-state index is 5.21. The Labute approximate surface area is 123 Å². The van der Waals surface area contributed by atoms with Crippen molar-refractivity contribution in [2.45, 2.75) is 38.8 Å². The highest BCUT2D eigenvalue weighted by atomic mass is 16.5. The summed E-state index contributed by atoms with van der Waals surface area (Å²) in [4.78, 5) is 2.43. The molecule has 0 amide bonds. The lowest BCUT2D eigenvalue weighted by Gasteiger charge is -2.34. The Kier molecular flexibility index (Phi) is 5.44. The summed E-state index contributed by atoms with van der Waals surface area (Å²) in [5.41, 5.74) is 1.32.